The minimum absolute atomic E-state index is 0.939. The van der Waals surface area contributed by atoms with E-state index in [1.807, 2.05) is 0 Å². The number of imidazole rings is 1. The van der Waals surface area contributed by atoms with Crippen molar-refractivity contribution < 1.29 is 0 Å². The number of hydrogen-bond donors (Lipinski definition) is 0. The van der Waals surface area contributed by atoms with Crippen molar-refractivity contribution >= 4 is 99.1 Å². The number of aromatic nitrogens is 2. The first kappa shape index (κ1) is 32.0. The molecule has 0 saturated carbocycles. The largest absolute Gasteiger partial charge is 0.292 e. The molecule has 0 aliphatic rings. The van der Waals surface area contributed by atoms with E-state index in [2.05, 4.69) is 195 Å². The van der Waals surface area contributed by atoms with Gasteiger partial charge in [0.05, 0.1) is 11.0 Å². The van der Waals surface area contributed by atoms with Crippen molar-refractivity contribution in [1.29, 1.82) is 0 Å². The Kier molecular flexibility index (Phi) is 7.81. The molecule has 0 unspecified atom stereocenters. The fourth-order valence-corrected chi connectivity index (χ4v) is 8.36. The maximum atomic E-state index is 5.12. The van der Waals surface area contributed by atoms with Crippen molar-refractivity contribution in [3.05, 3.63) is 152 Å². The number of nitrogens with zero attached hydrogens (tertiary/aromatic N) is 2. The molecular weight excluding hydrogens is 623 g/mol. The molecule has 240 valence electrons. The third-order valence-corrected chi connectivity index (χ3v) is 11.4. The van der Waals surface area contributed by atoms with Gasteiger partial charge in [-0.15, -0.1) is 16.4 Å². The van der Waals surface area contributed by atoms with Gasteiger partial charge in [-0.25, -0.2) is 4.98 Å². The van der Waals surface area contributed by atoms with Crippen LogP contribution in [0.5, 0.6) is 0 Å². The maximum Gasteiger partial charge on any atom is 0.145 e. The SMILES string of the molecule is Bc1c(B)c(B)c(-c2ccc(-c3c4ccccc4c(-c4cccc(-n5c(-c6ccccc6)nc6ccccc65)c4)c4ccccc34)cc2)c(B)c1B. The van der Waals surface area contributed by atoms with Crippen LogP contribution in [0.3, 0.4) is 0 Å². The van der Waals surface area contributed by atoms with Crippen LogP contribution in [0.1, 0.15) is 0 Å². The van der Waals surface area contributed by atoms with E-state index in [1.54, 1.807) is 0 Å². The van der Waals surface area contributed by atoms with Gasteiger partial charge in [-0.3, -0.25) is 4.57 Å². The van der Waals surface area contributed by atoms with Crippen LogP contribution >= 0.6 is 0 Å². The molecule has 8 aromatic carbocycles. The monoisotopic (exact) mass is 658 g/mol. The van der Waals surface area contributed by atoms with Gasteiger partial charge in [-0.1, -0.05) is 138 Å². The van der Waals surface area contributed by atoms with E-state index in [0.717, 1.165) is 28.1 Å². The number of para-hydroxylation sites is 2. The second kappa shape index (κ2) is 12.7. The Morgan fingerprint density at radius 2 is 0.827 bits per heavy atom. The zero-order valence-electron chi connectivity index (χ0n) is 30.3. The number of benzene rings is 8. The van der Waals surface area contributed by atoms with Gasteiger partial charge in [0.1, 0.15) is 45.1 Å². The second-order valence-electron chi connectivity index (χ2n) is 14.1. The highest BCUT2D eigenvalue weighted by Gasteiger charge is 2.20. The summed E-state index contributed by atoms with van der Waals surface area (Å²) in [5, 5.41) is 4.99. The Morgan fingerprint density at radius 1 is 0.365 bits per heavy atom. The van der Waals surface area contributed by atoms with Crippen molar-refractivity contribution in [3.8, 4) is 50.5 Å². The molecule has 0 fully saturated rings. The van der Waals surface area contributed by atoms with Crippen LogP contribution in [0, 0.1) is 0 Å². The van der Waals surface area contributed by atoms with Crippen molar-refractivity contribution in [2.24, 2.45) is 0 Å². The molecule has 52 heavy (non-hydrogen) atoms. The summed E-state index contributed by atoms with van der Waals surface area (Å²) in [6.45, 7) is 0. The molecule has 1 heterocycles. The second-order valence-corrected chi connectivity index (χ2v) is 14.1. The summed E-state index contributed by atoms with van der Waals surface area (Å²) in [7, 11) is 11.3. The lowest BCUT2D eigenvalue weighted by atomic mass is 9.59. The van der Waals surface area contributed by atoms with Crippen molar-refractivity contribution in [2.45, 2.75) is 0 Å². The predicted octanol–water partition coefficient (Wildman–Crippen LogP) is 3.29. The zero-order valence-corrected chi connectivity index (χ0v) is 30.3. The normalized spacial score (nSPS) is 11.5. The van der Waals surface area contributed by atoms with E-state index in [1.165, 1.54) is 82.2 Å². The van der Waals surface area contributed by atoms with Gasteiger partial charge < -0.3 is 0 Å². The third-order valence-electron chi connectivity index (χ3n) is 11.4. The average Bonchev–Trinajstić information content (AvgIpc) is 3.59. The molecular formula is C45H35B5N2. The topological polar surface area (TPSA) is 17.8 Å². The molecule has 0 N–H and O–H groups in total. The first-order valence-corrected chi connectivity index (χ1v) is 18.2. The lowest BCUT2D eigenvalue weighted by Crippen LogP contribution is -2.55. The quantitative estimate of drug-likeness (QED) is 0.205. The molecule has 0 radical (unpaired) electrons. The lowest BCUT2D eigenvalue weighted by molar-refractivity contribution is 1.10. The summed E-state index contributed by atoms with van der Waals surface area (Å²) >= 11 is 0. The highest BCUT2D eigenvalue weighted by molar-refractivity contribution is 6.68. The summed E-state index contributed by atoms with van der Waals surface area (Å²) < 4.78 is 2.30. The van der Waals surface area contributed by atoms with Gasteiger partial charge in [-0.2, -0.15) is 0 Å². The van der Waals surface area contributed by atoms with Gasteiger partial charge in [-0.05, 0) is 79.2 Å². The molecule has 2 nitrogen and oxygen atoms in total. The Balaban J connectivity index is 1.24. The molecule has 0 saturated heterocycles. The zero-order chi connectivity index (χ0) is 35.5. The fraction of sp³-hybridized carbons (Fsp3) is 0. The summed E-state index contributed by atoms with van der Waals surface area (Å²) in [4.78, 5) is 5.12. The highest BCUT2D eigenvalue weighted by Crippen LogP contribution is 2.44. The summed E-state index contributed by atoms with van der Waals surface area (Å²) in [6, 6.07) is 55.0. The first-order valence-electron chi connectivity index (χ1n) is 18.2. The number of hydrogen-bond acceptors (Lipinski definition) is 1. The molecule has 1 aromatic heterocycles. The molecule has 9 aromatic rings. The van der Waals surface area contributed by atoms with E-state index >= 15 is 0 Å². The van der Waals surface area contributed by atoms with E-state index in [-0.39, 0.29) is 0 Å². The lowest BCUT2D eigenvalue weighted by Gasteiger charge is -2.21. The summed E-state index contributed by atoms with van der Waals surface area (Å²) in [5.41, 5.74) is 18.7. The fourth-order valence-electron chi connectivity index (χ4n) is 8.36. The molecule has 7 heteroatoms. The van der Waals surface area contributed by atoms with Gasteiger partial charge in [0.25, 0.3) is 0 Å². The van der Waals surface area contributed by atoms with E-state index in [9.17, 15) is 0 Å². The van der Waals surface area contributed by atoms with Crippen molar-refractivity contribution in [2.75, 3.05) is 0 Å². The van der Waals surface area contributed by atoms with Crippen molar-refractivity contribution in [3.63, 3.8) is 0 Å². The Hall–Kier alpha value is -5.93. The molecule has 0 spiro atoms. The molecule has 0 aliphatic heterocycles. The summed E-state index contributed by atoms with van der Waals surface area (Å²) in [5.74, 6) is 0.939. The Labute approximate surface area is 309 Å². The average molecular weight is 658 g/mol. The van der Waals surface area contributed by atoms with Gasteiger partial charge >= 0.3 is 0 Å². The smallest absolute Gasteiger partial charge is 0.145 e. The van der Waals surface area contributed by atoms with E-state index in [0.29, 0.717) is 0 Å². The van der Waals surface area contributed by atoms with Crippen LogP contribution in [0.4, 0.5) is 0 Å². The van der Waals surface area contributed by atoms with E-state index in [4.69, 9.17) is 4.98 Å². The number of fused-ring (bicyclic) bond motifs is 3. The molecule has 0 atom stereocenters. The Morgan fingerprint density at radius 3 is 1.42 bits per heavy atom. The minimum atomic E-state index is 0.939. The third kappa shape index (κ3) is 5.06. The van der Waals surface area contributed by atoms with Crippen LogP contribution in [-0.4, -0.2) is 48.8 Å². The number of rotatable bonds is 5. The highest BCUT2D eigenvalue weighted by atomic mass is 15.1. The van der Waals surface area contributed by atoms with Gasteiger partial charge in [0.2, 0.25) is 0 Å². The van der Waals surface area contributed by atoms with Crippen LogP contribution in [0.15, 0.2) is 152 Å². The maximum absolute atomic E-state index is 5.12. The molecule has 9 rings (SSSR count). The van der Waals surface area contributed by atoms with Gasteiger partial charge in [0, 0.05) is 11.3 Å². The van der Waals surface area contributed by atoms with Crippen LogP contribution < -0.4 is 27.3 Å². The Bertz CT molecular complexity index is 2760. The van der Waals surface area contributed by atoms with Crippen LogP contribution in [-0.2, 0) is 0 Å². The molecule has 0 bridgehead atoms. The van der Waals surface area contributed by atoms with E-state index < -0.39 is 0 Å². The first-order chi connectivity index (χ1) is 25.4. The van der Waals surface area contributed by atoms with Crippen LogP contribution in [0.25, 0.3) is 83.0 Å². The van der Waals surface area contributed by atoms with Crippen molar-refractivity contribution in [1.82, 2.24) is 9.55 Å². The summed E-state index contributed by atoms with van der Waals surface area (Å²) in [6.07, 6.45) is 0. The van der Waals surface area contributed by atoms with Crippen LogP contribution in [0.2, 0.25) is 0 Å². The van der Waals surface area contributed by atoms with Gasteiger partial charge in [0.15, 0.2) is 0 Å². The molecule has 0 aliphatic carbocycles. The minimum Gasteiger partial charge on any atom is -0.292 e. The molecule has 0 amide bonds. The standard InChI is InChI=1S/C45H35B5N2/c46-40-39(41(47)43(49)44(50)42(40)48)27-23-21-26(22-24-27)37-31-15-4-6-17-33(31)38(34-18-7-5-16-32(34)37)29-13-10-14-30(25-29)52-36-20-9-8-19-35(36)51-45(52)28-11-2-1-3-12-28/h1-25H,46-50H2. The predicted molar refractivity (Wildman–Crippen MR) is 239 cm³/mol.